The third-order valence-electron chi connectivity index (χ3n) is 1.03. The molecule has 1 aromatic rings. The number of nitrogen functional groups attached to an aromatic ring is 1. The number of hydrogen-bond acceptors (Lipinski definition) is 2. The quantitative estimate of drug-likeness (QED) is 0.447. The van der Waals surface area contributed by atoms with Crippen LogP contribution in [0, 0.1) is 11.3 Å². The van der Waals surface area contributed by atoms with E-state index >= 15 is 0 Å². The van der Waals surface area contributed by atoms with Crippen molar-refractivity contribution in [1.29, 1.82) is 5.26 Å². The third-order valence-corrected chi connectivity index (χ3v) is 1.03. The fraction of sp³-hybridized carbons (Fsp3) is 0.200. The number of nitriles is 1. The summed E-state index contributed by atoms with van der Waals surface area (Å²) in [5.74, 6) is 0.417. The van der Waals surface area contributed by atoms with Crippen LogP contribution in [0.2, 0.25) is 0 Å². The molecule has 0 unspecified atom stereocenters. The Morgan fingerprint density at radius 1 is 1.89 bits per heavy atom. The maximum absolute atomic E-state index is 8.37. The number of nitrogens with zero attached hydrogens (tertiary/aromatic N) is 2. The van der Waals surface area contributed by atoms with E-state index < -0.39 is 0 Å². The van der Waals surface area contributed by atoms with Crippen LogP contribution in [0.15, 0.2) is 6.20 Å². The van der Waals surface area contributed by atoms with Crippen LogP contribution < -0.4 is 10.4 Å². The number of aryl methyl sites for hydroxylation is 1. The zero-order valence-electron chi connectivity index (χ0n) is 5.05. The Balaban J connectivity index is 3.20. The summed E-state index contributed by atoms with van der Waals surface area (Å²) in [6.45, 7) is 0. The molecule has 0 spiro atoms. The molecule has 4 heteroatoms. The van der Waals surface area contributed by atoms with Gasteiger partial charge in [0.05, 0.1) is 0 Å². The molecule has 0 aliphatic rings. The molecule has 0 aliphatic carbocycles. The van der Waals surface area contributed by atoms with Crippen molar-refractivity contribution in [3.05, 3.63) is 11.8 Å². The molecule has 0 bridgehead atoms. The van der Waals surface area contributed by atoms with Crippen LogP contribution >= 0.6 is 0 Å². The lowest BCUT2D eigenvalue weighted by Gasteiger charge is -1.74. The van der Waals surface area contributed by atoms with E-state index in [2.05, 4.69) is 5.10 Å². The molecule has 4 nitrogen and oxygen atoms in total. The van der Waals surface area contributed by atoms with Crippen LogP contribution in [0.3, 0.4) is 0 Å². The fourth-order valence-corrected chi connectivity index (χ4v) is 0.635. The van der Waals surface area contributed by atoms with Crippen LogP contribution in [0.4, 0.5) is 5.82 Å². The van der Waals surface area contributed by atoms with Gasteiger partial charge in [-0.25, -0.2) is 0 Å². The second-order valence-electron chi connectivity index (χ2n) is 1.79. The molecule has 1 aromatic heterocycles. The van der Waals surface area contributed by atoms with E-state index in [0.717, 1.165) is 0 Å². The van der Waals surface area contributed by atoms with Crippen molar-refractivity contribution >= 4 is 5.82 Å². The van der Waals surface area contributed by atoms with Gasteiger partial charge in [0.15, 0.2) is 18.4 Å². The molecule has 0 saturated heterocycles. The lowest BCUT2D eigenvalue weighted by atomic mass is 10.4. The van der Waals surface area contributed by atoms with Gasteiger partial charge in [-0.2, -0.15) is 5.26 Å². The number of hydrogen-bond donors (Lipinski definition) is 2. The largest absolute Gasteiger partial charge is 0.380 e. The Kier molecular flexibility index (Phi) is 1.12. The van der Waals surface area contributed by atoms with E-state index in [-0.39, 0.29) is 0 Å². The van der Waals surface area contributed by atoms with Crippen molar-refractivity contribution < 1.29 is 4.68 Å². The standard InChI is InChI=1S/C5H6N4/c1-9-3-4(2-6)5(7)8-9/h3H,1H3,(H2,7,8)/p+1. The molecule has 0 atom stereocenters. The minimum absolute atomic E-state index is 0.417. The first kappa shape index (κ1) is 5.63. The molecule has 3 N–H and O–H groups in total. The first-order chi connectivity index (χ1) is 4.24. The smallest absolute Gasteiger partial charge is 0.215 e. The predicted octanol–water partition coefficient (Wildman–Crippen LogP) is -0.707. The molecule has 0 radical (unpaired) electrons. The average molecular weight is 123 g/mol. The molecule has 0 amide bonds. The van der Waals surface area contributed by atoms with Crippen LogP contribution in [0.25, 0.3) is 0 Å². The molecule has 0 aliphatic heterocycles. The maximum atomic E-state index is 8.37. The molecule has 9 heavy (non-hydrogen) atoms. The number of anilines is 1. The van der Waals surface area contributed by atoms with Crippen LogP contribution in [0.5, 0.6) is 0 Å². The Hall–Kier alpha value is -1.50. The zero-order chi connectivity index (χ0) is 6.85. The van der Waals surface area contributed by atoms with Crippen LogP contribution in [-0.4, -0.2) is 5.10 Å². The molecule has 1 heterocycles. The van der Waals surface area contributed by atoms with Crippen molar-refractivity contribution in [1.82, 2.24) is 5.10 Å². The Morgan fingerprint density at radius 3 is 2.78 bits per heavy atom. The van der Waals surface area contributed by atoms with E-state index in [0.29, 0.717) is 11.4 Å². The average Bonchev–Trinajstić information content (AvgIpc) is 2.10. The zero-order valence-corrected chi connectivity index (χ0v) is 5.05. The van der Waals surface area contributed by atoms with Crippen molar-refractivity contribution in [2.75, 3.05) is 5.73 Å². The maximum Gasteiger partial charge on any atom is 0.215 e. The summed E-state index contributed by atoms with van der Waals surface area (Å²) in [5.41, 5.74) is 5.84. The van der Waals surface area contributed by atoms with Gasteiger partial charge >= 0.3 is 0 Å². The monoisotopic (exact) mass is 123 g/mol. The minimum Gasteiger partial charge on any atom is -0.380 e. The van der Waals surface area contributed by atoms with E-state index in [1.165, 1.54) is 0 Å². The molecule has 1 rings (SSSR count). The lowest BCUT2D eigenvalue weighted by molar-refractivity contribution is -0.726. The van der Waals surface area contributed by atoms with Gasteiger partial charge in [0.1, 0.15) is 6.07 Å². The summed E-state index contributed by atoms with van der Waals surface area (Å²) in [5, 5.41) is 11.1. The number of nitrogens with two attached hydrogens (primary N) is 1. The van der Waals surface area contributed by atoms with Gasteiger partial charge < -0.3 is 5.73 Å². The first-order valence-electron chi connectivity index (χ1n) is 2.48. The van der Waals surface area contributed by atoms with Gasteiger partial charge in [-0.15, -0.1) is 9.78 Å². The summed E-state index contributed by atoms with van der Waals surface area (Å²) in [6, 6.07) is 1.94. The van der Waals surface area contributed by atoms with Gasteiger partial charge in [-0.1, -0.05) is 0 Å². The highest BCUT2D eigenvalue weighted by atomic mass is 15.3. The first-order valence-corrected chi connectivity index (χ1v) is 2.48. The third kappa shape index (κ3) is 0.842. The summed E-state index contributed by atoms with van der Waals surface area (Å²) in [7, 11) is 1.78. The van der Waals surface area contributed by atoms with Gasteiger partial charge in [-0.05, 0) is 0 Å². The Morgan fingerprint density at radius 2 is 2.56 bits per heavy atom. The number of aromatic amines is 1. The SMILES string of the molecule is C[n+]1cc(C#N)c(N)[nH]1. The van der Waals surface area contributed by atoms with Crippen LogP contribution in [-0.2, 0) is 7.05 Å². The second kappa shape index (κ2) is 1.78. The summed E-state index contributed by atoms with van der Waals surface area (Å²) in [6.07, 6.45) is 1.63. The van der Waals surface area contributed by atoms with Crippen molar-refractivity contribution in [2.24, 2.45) is 7.05 Å². The normalized spacial score (nSPS) is 8.89. The number of nitrogens with one attached hydrogen (secondary N) is 1. The number of H-pyrrole nitrogens is 1. The van der Waals surface area contributed by atoms with Crippen molar-refractivity contribution in [3.8, 4) is 6.07 Å². The molecule has 0 aromatic carbocycles. The highest BCUT2D eigenvalue weighted by Gasteiger charge is 2.05. The summed E-state index contributed by atoms with van der Waals surface area (Å²) < 4.78 is 1.63. The fourth-order valence-electron chi connectivity index (χ4n) is 0.635. The van der Waals surface area contributed by atoms with E-state index in [1.54, 1.807) is 17.9 Å². The topological polar surface area (TPSA) is 69.5 Å². The molecule has 0 saturated carbocycles. The molecular weight excluding hydrogens is 116 g/mol. The van der Waals surface area contributed by atoms with E-state index in [9.17, 15) is 0 Å². The molecule has 0 fully saturated rings. The van der Waals surface area contributed by atoms with E-state index in [4.69, 9.17) is 11.0 Å². The predicted molar refractivity (Wildman–Crippen MR) is 31.1 cm³/mol. The highest BCUT2D eigenvalue weighted by molar-refractivity contribution is 5.44. The van der Waals surface area contributed by atoms with Crippen molar-refractivity contribution in [3.63, 3.8) is 0 Å². The molecule has 46 valence electrons. The Labute approximate surface area is 52.5 Å². The van der Waals surface area contributed by atoms with Gasteiger partial charge in [-0.3, -0.25) is 0 Å². The number of rotatable bonds is 0. The summed E-state index contributed by atoms with van der Waals surface area (Å²) >= 11 is 0. The summed E-state index contributed by atoms with van der Waals surface area (Å²) in [4.78, 5) is 0. The van der Waals surface area contributed by atoms with E-state index in [1.807, 2.05) is 6.07 Å². The lowest BCUT2D eigenvalue weighted by Crippen LogP contribution is -2.28. The minimum atomic E-state index is 0.417. The number of aromatic nitrogens is 2. The highest BCUT2D eigenvalue weighted by Crippen LogP contribution is 1.99. The van der Waals surface area contributed by atoms with Gasteiger partial charge in [0.25, 0.3) is 0 Å². The van der Waals surface area contributed by atoms with Gasteiger partial charge in [0.2, 0.25) is 6.20 Å². The van der Waals surface area contributed by atoms with Crippen molar-refractivity contribution in [2.45, 2.75) is 0 Å². The Bertz CT molecular complexity index is 254. The second-order valence-corrected chi connectivity index (χ2v) is 1.79. The van der Waals surface area contributed by atoms with Gasteiger partial charge in [0, 0.05) is 0 Å². The molecular formula is C5H7N4+. The van der Waals surface area contributed by atoms with Crippen LogP contribution in [0.1, 0.15) is 5.56 Å².